The molecule has 3 heterocycles. The van der Waals surface area contributed by atoms with Gasteiger partial charge in [-0.15, -0.1) is 5.10 Å². The lowest BCUT2D eigenvalue weighted by atomic mass is 10.00. The first-order valence-electron chi connectivity index (χ1n) is 13.2. The molecule has 10 heteroatoms. The summed E-state index contributed by atoms with van der Waals surface area (Å²) in [6.07, 6.45) is 3.40. The third-order valence-corrected chi connectivity index (χ3v) is 6.85. The molecule has 0 saturated carbocycles. The van der Waals surface area contributed by atoms with Crippen molar-refractivity contribution in [3.63, 3.8) is 0 Å². The number of nitrogens with zero attached hydrogens (tertiary/aromatic N) is 6. The lowest BCUT2D eigenvalue weighted by Crippen LogP contribution is -2.50. The van der Waals surface area contributed by atoms with E-state index in [-0.39, 0.29) is 30.8 Å². The summed E-state index contributed by atoms with van der Waals surface area (Å²) in [6, 6.07) is 18.3. The van der Waals surface area contributed by atoms with E-state index in [1.54, 1.807) is 22.0 Å². The summed E-state index contributed by atoms with van der Waals surface area (Å²) in [5.41, 5.74) is 4.08. The van der Waals surface area contributed by atoms with Crippen LogP contribution in [0.1, 0.15) is 19.4 Å². The molecule has 0 radical (unpaired) electrons. The highest BCUT2D eigenvalue weighted by molar-refractivity contribution is 5.97. The van der Waals surface area contributed by atoms with Gasteiger partial charge in [-0.2, -0.15) is 0 Å². The molecule has 39 heavy (non-hydrogen) atoms. The highest BCUT2D eigenvalue weighted by Crippen LogP contribution is 2.22. The topological polar surface area (TPSA) is 105 Å². The van der Waals surface area contributed by atoms with Crippen LogP contribution in [0.3, 0.4) is 0 Å². The van der Waals surface area contributed by atoms with Crippen LogP contribution in [0.5, 0.6) is 0 Å². The number of hydrogen-bond donors (Lipinski definition) is 1. The second kappa shape index (κ2) is 12.0. The van der Waals surface area contributed by atoms with Crippen LogP contribution in [0.15, 0.2) is 73.1 Å². The van der Waals surface area contributed by atoms with Crippen molar-refractivity contribution in [3.05, 3.63) is 78.6 Å². The maximum atomic E-state index is 13.8. The number of rotatable bonds is 9. The van der Waals surface area contributed by atoms with Gasteiger partial charge in [0.1, 0.15) is 18.1 Å². The smallest absolute Gasteiger partial charge is 0.247 e. The Kier molecular flexibility index (Phi) is 8.12. The SMILES string of the molecule is CC(C)[C@H](C(=O)Nc1ccc(N2CCOCC2)cc1)N(Cc1cccnc1)C(=O)Cn1nnc2ccccc21. The maximum Gasteiger partial charge on any atom is 0.247 e. The van der Waals surface area contributed by atoms with Crippen molar-refractivity contribution in [2.24, 2.45) is 5.92 Å². The molecule has 2 aromatic heterocycles. The lowest BCUT2D eigenvalue weighted by Gasteiger charge is -2.33. The summed E-state index contributed by atoms with van der Waals surface area (Å²) in [4.78, 5) is 35.6. The second-order valence-electron chi connectivity index (χ2n) is 9.94. The van der Waals surface area contributed by atoms with Crippen LogP contribution in [0.2, 0.25) is 0 Å². The summed E-state index contributed by atoms with van der Waals surface area (Å²) in [5.74, 6) is -0.624. The Morgan fingerprint density at radius 3 is 2.51 bits per heavy atom. The molecule has 4 aromatic rings. The van der Waals surface area contributed by atoms with Gasteiger partial charge < -0.3 is 19.9 Å². The van der Waals surface area contributed by atoms with Crippen molar-refractivity contribution in [2.45, 2.75) is 33.0 Å². The molecule has 1 aliphatic heterocycles. The molecule has 2 aromatic carbocycles. The molecule has 1 fully saturated rings. The first kappa shape index (κ1) is 26.3. The van der Waals surface area contributed by atoms with Crippen molar-refractivity contribution in [3.8, 4) is 0 Å². The van der Waals surface area contributed by atoms with Crippen molar-refractivity contribution in [2.75, 3.05) is 36.5 Å². The Balaban J connectivity index is 1.37. The van der Waals surface area contributed by atoms with Crippen molar-refractivity contribution >= 4 is 34.2 Å². The number of fused-ring (bicyclic) bond motifs is 1. The van der Waals surface area contributed by atoms with Gasteiger partial charge in [0, 0.05) is 43.4 Å². The highest BCUT2D eigenvalue weighted by Gasteiger charge is 2.33. The van der Waals surface area contributed by atoms with Crippen molar-refractivity contribution in [1.29, 1.82) is 0 Å². The van der Waals surface area contributed by atoms with Crippen LogP contribution in [0.25, 0.3) is 11.0 Å². The summed E-state index contributed by atoms with van der Waals surface area (Å²) < 4.78 is 7.02. The molecule has 1 N–H and O–H groups in total. The fraction of sp³-hybridized carbons (Fsp3) is 0.345. The molecular weight excluding hydrogens is 494 g/mol. The molecule has 10 nitrogen and oxygen atoms in total. The number of pyridine rings is 1. The molecule has 1 aliphatic rings. The number of para-hydroxylation sites is 1. The van der Waals surface area contributed by atoms with Gasteiger partial charge in [0.25, 0.3) is 0 Å². The Bertz CT molecular complexity index is 1400. The van der Waals surface area contributed by atoms with Gasteiger partial charge in [-0.05, 0) is 53.9 Å². The van der Waals surface area contributed by atoms with E-state index in [9.17, 15) is 9.59 Å². The van der Waals surface area contributed by atoms with Gasteiger partial charge in [-0.25, -0.2) is 4.68 Å². The summed E-state index contributed by atoms with van der Waals surface area (Å²) >= 11 is 0. The zero-order valence-corrected chi connectivity index (χ0v) is 22.2. The van der Waals surface area contributed by atoms with E-state index < -0.39 is 6.04 Å². The fourth-order valence-electron chi connectivity index (χ4n) is 4.88. The number of nitrogens with one attached hydrogen (secondary N) is 1. The average Bonchev–Trinajstić information content (AvgIpc) is 3.36. The predicted molar refractivity (Wildman–Crippen MR) is 149 cm³/mol. The third kappa shape index (κ3) is 6.23. The number of hydrogen-bond acceptors (Lipinski definition) is 7. The van der Waals surface area contributed by atoms with Crippen LogP contribution < -0.4 is 10.2 Å². The van der Waals surface area contributed by atoms with E-state index in [1.807, 2.05) is 74.5 Å². The number of aromatic nitrogens is 4. The first-order chi connectivity index (χ1) is 19.0. The van der Waals surface area contributed by atoms with E-state index in [0.29, 0.717) is 24.4 Å². The monoisotopic (exact) mass is 527 g/mol. The largest absolute Gasteiger partial charge is 0.378 e. The van der Waals surface area contributed by atoms with E-state index in [0.717, 1.165) is 29.9 Å². The number of anilines is 2. The minimum absolute atomic E-state index is 0.0362. The lowest BCUT2D eigenvalue weighted by molar-refractivity contribution is -0.141. The molecule has 0 bridgehead atoms. The number of carbonyl (C=O) groups excluding carboxylic acids is 2. The first-order valence-corrected chi connectivity index (χ1v) is 13.2. The van der Waals surface area contributed by atoms with Crippen molar-refractivity contribution in [1.82, 2.24) is 24.9 Å². The molecule has 0 unspecified atom stereocenters. The zero-order chi connectivity index (χ0) is 27.2. The number of benzene rings is 2. The van der Waals surface area contributed by atoms with Crippen LogP contribution in [0.4, 0.5) is 11.4 Å². The van der Waals surface area contributed by atoms with Gasteiger partial charge in [0.2, 0.25) is 11.8 Å². The van der Waals surface area contributed by atoms with Gasteiger partial charge in [-0.3, -0.25) is 14.6 Å². The summed E-state index contributed by atoms with van der Waals surface area (Å²) in [6.45, 7) is 7.19. The number of morpholine rings is 1. The third-order valence-electron chi connectivity index (χ3n) is 6.85. The molecule has 0 spiro atoms. The molecule has 5 rings (SSSR count). The van der Waals surface area contributed by atoms with Crippen LogP contribution in [-0.4, -0.2) is 69.0 Å². The molecule has 202 valence electrons. The summed E-state index contributed by atoms with van der Waals surface area (Å²) in [7, 11) is 0. The Morgan fingerprint density at radius 1 is 1.03 bits per heavy atom. The van der Waals surface area contributed by atoms with E-state index in [1.165, 1.54) is 0 Å². The van der Waals surface area contributed by atoms with Gasteiger partial charge in [0.05, 0.1) is 18.7 Å². The molecule has 0 aliphatic carbocycles. The number of ether oxygens (including phenoxy) is 1. The molecule has 1 saturated heterocycles. The van der Waals surface area contributed by atoms with Gasteiger partial charge in [-0.1, -0.05) is 37.3 Å². The predicted octanol–water partition coefficient (Wildman–Crippen LogP) is 3.36. The van der Waals surface area contributed by atoms with Crippen molar-refractivity contribution < 1.29 is 14.3 Å². The number of amides is 2. The Hall–Kier alpha value is -4.31. The van der Waals surface area contributed by atoms with E-state index in [2.05, 4.69) is 25.5 Å². The van der Waals surface area contributed by atoms with E-state index >= 15 is 0 Å². The fourth-order valence-corrected chi connectivity index (χ4v) is 4.88. The molecular formula is C29H33N7O3. The van der Waals surface area contributed by atoms with E-state index in [4.69, 9.17) is 4.74 Å². The van der Waals surface area contributed by atoms with Crippen LogP contribution in [-0.2, 0) is 27.4 Å². The minimum Gasteiger partial charge on any atom is -0.378 e. The normalized spacial score (nSPS) is 14.4. The zero-order valence-electron chi connectivity index (χ0n) is 22.2. The van der Waals surface area contributed by atoms with Gasteiger partial charge in [0.15, 0.2) is 0 Å². The van der Waals surface area contributed by atoms with Crippen LogP contribution in [0, 0.1) is 5.92 Å². The second-order valence-corrected chi connectivity index (χ2v) is 9.94. The molecule has 1 atom stereocenters. The summed E-state index contributed by atoms with van der Waals surface area (Å²) in [5, 5.41) is 11.4. The maximum absolute atomic E-state index is 13.8. The average molecular weight is 528 g/mol. The Labute approximate surface area is 227 Å². The molecule has 2 amide bonds. The quantitative estimate of drug-likeness (QED) is 0.356. The standard InChI is InChI=1S/C29H33N7O3/c1-21(2)28(29(38)31-23-9-11-24(12-10-23)34-14-16-39-17-15-34)35(19-22-6-5-13-30-18-22)27(37)20-36-26-8-4-3-7-25(26)32-33-36/h3-13,18,21,28H,14-17,19-20H2,1-2H3,(H,31,38)/t28-/m1/s1. The van der Waals surface area contributed by atoms with Crippen LogP contribution >= 0.6 is 0 Å². The number of carbonyl (C=O) groups is 2. The van der Waals surface area contributed by atoms with Gasteiger partial charge >= 0.3 is 0 Å². The Morgan fingerprint density at radius 2 is 1.79 bits per heavy atom. The highest BCUT2D eigenvalue weighted by atomic mass is 16.5. The minimum atomic E-state index is -0.716.